The van der Waals surface area contributed by atoms with Crippen LogP contribution in [-0.2, 0) is 0 Å². The summed E-state index contributed by atoms with van der Waals surface area (Å²) in [6, 6.07) is 17.2. The first-order valence-corrected chi connectivity index (χ1v) is 8.46. The Balaban J connectivity index is 2.03. The summed E-state index contributed by atoms with van der Waals surface area (Å²) in [6.07, 6.45) is 0. The number of likely N-dealkylation sites (N-methyl/N-ethyl adjacent to an activating group) is 1. The molecule has 0 spiro atoms. The molecule has 0 radical (unpaired) electrons. The van der Waals surface area contributed by atoms with Crippen molar-refractivity contribution < 1.29 is 9.90 Å². The van der Waals surface area contributed by atoms with E-state index < -0.39 is 5.97 Å². The molecule has 0 aliphatic carbocycles. The standard InChI is InChI=1S/C19H21ClN2O2/c1-21-10-11-22(17(20)13-21)18(14-6-3-2-4-7-14)15-8-5-9-16(12-15)19(23)24/h2-9,12,17-18H,10-11,13H2,1H3,(H,23,24). The maximum Gasteiger partial charge on any atom is 0.335 e. The summed E-state index contributed by atoms with van der Waals surface area (Å²) in [6.45, 7) is 2.55. The number of aromatic carboxylic acids is 1. The van der Waals surface area contributed by atoms with Crippen LogP contribution in [0.2, 0.25) is 0 Å². The zero-order chi connectivity index (χ0) is 17.1. The average Bonchev–Trinajstić information content (AvgIpc) is 2.58. The largest absolute Gasteiger partial charge is 0.478 e. The monoisotopic (exact) mass is 344 g/mol. The van der Waals surface area contributed by atoms with Crippen LogP contribution in [0.15, 0.2) is 54.6 Å². The third kappa shape index (κ3) is 3.61. The number of nitrogens with zero attached hydrogens (tertiary/aromatic N) is 2. The molecule has 2 unspecified atom stereocenters. The van der Waals surface area contributed by atoms with Crippen LogP contribution >= 0.6 is 11.6 Å². The molecule has 1 N–H and O–H groups in total. The maximum absolute atomic E-state index is 11.3. The Morgan fingerprint density at radius 2 is 1.83 bits per heavy atom. The van der Waals surface area contributed by atoms with Crippen molar-refractivity contribution in [2.75, 3.05) is 26.7 Å². The summed E-state index contributed by atoms with van der Waals surface area (Å²) in [5.74, 6) is -0.913. The van der Waals surface area contributed by atoms with Gasteiger partial charge in [-0.25, -0.2) is 4.79 Å². The van der Waals surface area contributed by atoms with Crippen molar-refractivity contribution in [1.82, 2.24) is 9.80 Å². The number of halogens is 1. The van der Waals surface area contributed by atoms with Crippen LogP contribution < -0.4 is 0 Å². The van der Waals surface area contributed by atoms with Crippen molar-refractivity contribution in [3.8, 4) is 0 Å². The van der Waals surface area contributed by atoms with Gasteiger partial charge in [-0.15, -0.1) is 11.6 Å². The van der Waals surface area contributed by atoms with Crippen LogP contribution in [0, 0.1) is 0 Å². The van der Waals surface area contributed by atoms with Gasteiger partial charge in [0.25, 0.3) is 0 Å². The van der Waals surface area contributed by atoms with Gasteiger partial charge in [0, 0.05) is 19.6 Å². The third-order valence-corrected chi connectivity index (χ3v) is 4.85. The second kappa shape index (κ2) is 7.34. The molecule has 1 saturated heterocycles. The maximum atomic E-state index is 11.3. The number of benzene rings is 2. The van der Waals surface area contributed by atoms with E-state index in [1.807, 2.05) is 24.3 Å². The molecular weight excluding hydrogens is 324 g/mol. The minimum Gasteiger partial charge on any atom is -0.478 e. The summed E-state index contributed by atoms with van der Waals surface area (Å²) in [5.41, 5.74) is 2.25. The lowest BCUT2D eigenvalue weighted by Gasteiger charge is -2.42. The quantitative estimate of drug-likeness (QED) is 0.683. The van der Waals surface area contributed by atoms with Crippen LogP contribution in [-0.4, -0.2) is 53.1 Å². The third-order valence-electron chi connectivity index (χ3n) is 4.46. The van der Waals surface area contributed by atoms with Crippen LogP contribution in [0.4, 0.5) is 0 Å². The van der Waals surface area contributed by atoms with Crippen molar-refractivity contribution in [2.24, 2.45) is 0 Å². The van der Waals surface area contributed by atoms with E-state index >= 15 is 0 Å². The molecule has 0 aromatic heterocycles. The van der Waals surface area contributed by atoms with Crippen LogP contribution in [0.1, 0.15) is 27.5 Å². The van der Waals surface area contributed by atoms with Gasteiger partial charge in [-0.1, -0.05) is 42.5 Å². The molecule has 5 heteroatoms. The number of hydrogen-bond acceptors (Lipinski definition) is 3. The molecule has 4 nitrogen and oxygen atoms in total. The first-order valence-electron chi connectivity index (χ1n) is 8.03. The van der Waals surface area contributed by atoms with E-state index in [-0.39, 0.29) is 11.5 Å². The van der Waals surface area contributed by atoms with Gasteiger partial charge >= 0.3 is 5.97 Å². The normalized spacial score (nSPS) is 20.7. The van der Waals surface area contributed by atoms with Crippen LogP contribution in [0.5, 0.6) is 0 Å². The van der Waals surface area contributed by atoms with E-state index in [1.54, 1.807) is 18.2 Å². The lowest BCUT2D eigenvalue weighted by atomic mass is 9.95. The van der Waals surface area contributed by atoms with Gasteiger partial charge in [0.15, 0.2) is 0 Å². The smallest absolute Gasteiger partial charge is 0.335 e. The fourth-order valence-electron chi connectivity index (χ4n) is 3.22. The number of carbonyl (C=O) groups is 1. The highest BCUT2D eigenvalue weighted by molar-refractivity contribution is 6.20. The molecule has 1 aliphatic heterocycles. The van der Waals surface area contributed by atoms with E-state index in [9.17, 15) is 9.90 Å². The van der Waals surface area contributed by atoms with Crippen molar-refractivity contribution in [2.45, 2.75) is 11.5 Å². The van der Waals surface area contributed by atoms with E-state index in [1.165, 1.54) is 0 Å². The Morgan fingerprint density at radius 3 is 2.50 bits per heavy atom. The van der Waals surface area contributed by atoms with Crippen molar-refractivity contribution in [1.29, 1.82) is 0 Å². The molecule has 24 heavy (non-hydrogen) atoms. The second-order valence-electron chi connectivity index (χ2n) is 6.18. The number of carboxylic acids is 1. The number of carboxylic acid groups (broad SMARTS) is 1. The van der Waals surface area contributed by atoms with Gasteiger partial charge < -0.3 is 10.0 Å². The summed E-state index contributed by atoms with van der Waals surface area (Å²) >= 11 is 6.64. The van der Waals surface area contributed by atoms with E-state index in [0.717, 1.165) is 30.8 Å². The van der Waals surface area contributed by atoms with Gasteiger partial charge in [-0.3, -0.25) is 4.90 Å². The van der Waals surface area contributed by atoms with Crippen molar-refractivity contribution in [3.05, 3.63) is 71.3 Å². The topological polar surface area (TPSA) is 43.8 Å². The number of piperazine rings is 1. The predicted octanol–water partition coefficient (Wildman–Crippen LogP) is 3.29. The molecule has 2 atom stereocenters. The fourth-order valence-corrected chi connectivity index (χ4v) is 3.67. The minimum atomic E-state index is -0.913. The van der Waals surface area contributed by atoms with Gasteiger partial charge in [0.1, 0.15) is 0 Å². The predicted molar refractivity (Wildman–Crippen MR) is 95.5 cm³/mol. The molecule has 0 amide bonds. The zero-order valence-electron chi connectivity index (χ0n) is 13.6. The second-order valence-corrected chi connectivity index (χ2v) is 6.68. The molecule has 1 aliphatic rings. The Kier molecular flexibility index (Phi) is 5.19. The molecule has 2 aromatic carbocycles. The van der Waals surface area contributed by atoms with Crippen LogP contribution in [0.3, 0.4) is 0 Å². The summed E-state index contributed by atoms with van der Waals surface area (Å²) in [4.78, 5) is 15.8. The Labute approximate surface area is 147 Å². The lowest BCUT2D eigenvalue weighted by molar-refractivity contribution is 0.0696. The number of alkyl halides is 1. The Bertz CT molecular complexity index is 708. The van der Waals surface area contributed by atoms with E-state index in [4.69, 9.17) is 11.6 Å². The SMILES string of the molecule is CN1CCN(C(c2ccccc2)c2cccc(C(=O)O)c2)C(Cl)C1. The van der Waals surface area contributed by atoms with Gasteiger partial charge in [-0.05, 0) is 30.3 Å². The minimum absolute atomic E-state index is 0.0540. The Hall–Kier alpha value is -1.88. The molecule has 1 fully saturated rings. The molecule has 2 aromatic rings. The molecule has 1 heterocycles. The van der Waals surface area contributed by atoms with Gasteiger partial charge in [0.05, 0.1) is 17.1 Å². The summed E-state index contributed by atoms with van der Waals surface area (Å²) in [7, 11) is 2.06. The summed E-state index contributed by atoms with van der Waals surface area (Å²) in [5, 5.41) is 9.31. The van der Waals surface area contributed by atoms with E-state index in [0.29, 0.717) is 5.56 Å². The number of rotatable bonds is 4. The highest BCUT2D eigenvalue weighted by Crippen LogP contribution is 2.33. The highest BCUT2D eigenvalue weighted by Gasteiger charge is 2.31. The van der Waals surface area contributed by atoms with Crippen LogP contribution in [0.25, 0.3) is 0 Å². The highest BCUT2D eigenvalue weighted by atomic mass is 35.5. The molecule has 0 saturated carbocycles. The molecule has 3 rings (SSSR count). The number of hydrogen-bond donors (Lipinski definition) is 1. The molecule has 0 bridgehead atoms. The lowest BCUT2D eigenvalue weighted by Crippen LogP contribution is -2.50. The first-order chi connectivity index (χ1) is 11.6. The fraction of sp³-hybridized carbons (Fsp3) is 0.316. The van der Waals surface area contributed by atoms with Gasteiger partial charge in [0.2, 0.25) is 0 Å². The first kappa shape index (κ1) is 17.0. The summed E-state index contributed by atoms with van der Waals surface area (Å²) < 4.78 is 0. The molecular formula is C19H21ClN2O2. The van der Waals surface area contributed by atoms with E-state index in [2.05, 4.69) is 29.0 Å². The van der Waals surface area contributed by atoms with Crippen molar-refractivity contribution in [3.63, 3.8) is 0 Å². The van der Waals surface area contributed by atoms with Crippen molar-refractivity contribution >= 4 is 17.6 Å². The Morgan fingerprint density at radius 1 is 1.12 bits per heavy atom. The van der Waals surface area contributed by atoms with Gasteiger partial charge in [-0.2, -0.15) is 0 Å². The molecule has 126 valence electrons. The average molecular weight is 345 g/mol. The zero-order valence-corrected chi connectivity index (χ0v) is 14.4.